The highest BCUT2D eigenvalue weighted by Gasteiger charge is 2.11. The van der Waals surface area contributed by atoms with Gasteiger partial charge in [-0.15, -0.1) is 11.3 Å². The van der Waals surface area contributed by atoms with Crippen molar-refractivity contribution < 1.29 is 14.7 Å². The minimum Gasteiger partial charge on any atom is -0.507 e. The van der Waals surface area contributed by atoms with E-state index in [1.54, 1.807) is 41.8 Å². The highest BCUT2D eigenvalue weighted by Crippen LogP contribution is 2.18. The van der Waals surface area contributed by atoms with Crippen molar-refractivity contribution >= 4 is 23.0 Å². The third-order valence-corrected chi connectivity index (χ3v) is 3.36. The number of rotatable bonds is 4. The van der Waals surface area contributed by atoms with Gasteiger partial charge >= 0.3 is 5.97 Å². The molecule has 1 heterocycles. The molecular weight excluding hydrogens is 262 g/mol. The van der Waals surface area contributed by atoms with Crippen molar-refractivity contribution in [3.63, 3.8) is 0 Å². The van der Waals surface area contributed by atoms with E-state index in [1.165, 1.54) is 11.3 Å². The standard InChI is InChI=1S/C14H13NO3S/c1-2-11(10-6-3-4-7-12(10)16)15-18-14(17)13-8-5-9-19-13/h3-9,16H,2H2,1H3/b15-11-. The zero-order valence-corrected chi connectivity index (χ0v) is 11.2. The maximum atomic E-state index is 11.7. The molecule has 0 unspecified atom stereocenters. The van der Waals surface area contributed by atoms with Crippen LogP contribution in [0.3, 0.4) is 0 Å². The first-order valence-corrected chi connectivity index (χ1v) is 6.70. The number of aromatic hydroxyl groups is 1. The predicted molar refractivity (Wildman–Crippen MR) is 74.7 cm³/mol. The number of phenolic OH excluding ortho intramolecular Hbond substituents is 1. The van der Waals surface area contributed by atoms with Gasteiger partial charge < -0.3 is 9.94 Å². The topological polar surface area (TPSA) is 58.9 Å². The minimum absolute atomic E-state index is 0.121. The van der Waals surface area contributed by atoms with Crippen molar-refractivity contribution in [1.82, 2.24) is 0 Å². The molecule has 4 nitrogen and oxygen atoms in total. The predicted octanol–water partition coefficient (Wildman–Crippen LogP) is 3.42. The summed E-state index contributed by atoms with van der Waals surface area (Å²) in [5, 5.41) is 15.4. The lowest BCUT2D eigenvalue weighted by molar-refractivity contribution is 0.0521. The smallest absolute Gasteiger partial charge is 0.375 e. The Morgan fingerprint density at radius 1 is 1.32 bits per heavy atom. The number of phenols is 1. The van der Waals surface area contributed by atoms with Crippen LogP contribution in [0.1, 0.15) is 28.6 Å². The fourth-order valence-electron chi connectivity index (χ4n) is 1.56. The number of thiophene rings is 1. The summed E-state index contributed by atoms with van der Waals surface area (Å²) in [6.45, 7) is 1.88. The Labute approximate surface area is 115 Å². The molecule has 1 aromatic heterocycles. The van der Waals surface area contributed by atoms with Crippen LogP contribution in [0.5, 0.6) is 5.75 Å². The molecule has 2 rings (SSSR count). The second-order valence-electron chi connectivity index (χ2n) is 3.76. The molecule has 0 bridgehead atoms. The van der Waals surface area contributed by atoms with Crippen molar-refractivity contribution in [2.24, 2.45) is 5.16 Å². The van der Waals surface area contributed by atoms with Gasteiger partial charge in [0.05, 0.1) is 5.71 Å². The van der Waals surface area contributed by atoms with E-state index in [0.717, 1.165) is 0 Å². The largest absolute Gasteiger partial charge is 0.507 e. The fraction of sp³-hybridized carbons (Fsp3) is 0.143. The van der Waals surface area contributed by atoms with Gasteiger partial charge in [-0.05, 0) is 30.0 Å². The fourth-order valence-corrected chi connectivity index (χ4v) is 2.15. The summed E-state index contributed by atoms with van der Waals surface area (Å²) >= 11 is 1.30. The van der Waals surface area contributed by atoms with Gasteiger partial charge in [0.1, 0.15) is 10.6 Å². The maximum absolute atomic E-state index is 11.7. The molecule has 5 heteroatoms. The van der Waals surface area contributed by atoms with Crippen LogP contribution in [0, 0.1) is 0 Å². The second-order valence-corrected chi connectivity index (χ2v) is 4.71. The Morgan fingerprint density at radius 2 is 2.11 bits per heavy atom. The van der Waals surface area contributed by atoms with E-state index in [2.05, 4.69) is 5.16 Å². The lowest BCUT2D eigenvalue weighted by atomic mass is 10.1. The lowest BCUT2D eigenvalue weighted by Crippen LogP contribution is -2.04. The average Bonchev–Trinajstić information content (AvgIpc) is 2.95. The molecule has 98 valence electrons. The molecule has 0 amide bonds. The van der Waals surface area contributed by atoms with Gasteiger partial charge in [-0.2, -0.15) is 0 Å². The summed E-state index contributed by atoms with van der Waals surface area (Å²) < 4.78 is 0. The number of para-hydroxylation sites is 1. The van der Waals surface area contributed by atoms with Crippen LogP contribution in [0.25, 0.3) is 0 Å². The highest BCUT2D eigenvalue weighted by atomic mass is 32.1. The van der Waals surface area contributed by atoms with E-state index in [4.69, 9.17) is 4.84 Å². The SMILES string of the molecule is CC/C(=N/OC(=O)c1cccs1)c1ccccc1O. The molecule has 19 heavy (non-hydrogen) atoms. The number of nitrogens with zero attached hydrogens (tertiary/aromatic N) is 1. The quantitative estimate of drug-likeness (QED) is 0.528. The number of carbonyl (C=O) groups is 1. The molecule has 1 N–H and O–H groups in total. The second kappa shape index (κ2) is 6.15. The maximum Gasteiger partial charge on any atom is 0.375 e. The van der Waals surface area contributed by atoms with Crippen molar-refractivity contribution in [3.8, 4) is 5.75 Å². The van der Waals surface area contributed by atoms with Gasteiger partial charge in [0.15, 0.2) is 0 Å². The molecule has 0 aliphatic heterocycles. The third kappa shape index (κ3) is 3.20. The first kappa shape index (κ1) is 13.3. The summed E-state index contributed by atoms with van der Waals surface area (Å²) in [6.07, 6.45) is 0.551. The van der Waals surface area contributed by atoms with Crippen LogP contribution in [0.2, 0.25) is 0 Å². The number of hydrogen-bond donors (Lipinski definition) is 1. The molecule has 0 atom stereocenters. The molecule has 2 aromatic rings. The van der Waals surface area contributed by atoms with Crippen LogP contribution in [0.15, 0.2) is 46.9 Å². The number of oxime groups is 1. The Bertz CT molecular complexity index is 590. The summed E-state index contributed by atoms with van der Waals surface area (Å²) in [7, 11) is 0. The Morgan fingerprint density at radius 3 is 2.74 bits per heavy atom. The van der Waals surface area contributed by atoms with Gasteiger partial charge in [0.2, 0.25) is 0 Å². The van der Waals surface area contributed by atoms with E-state index < -0.39 is 5.97 Å². The van der Waals surface area contributed by atoms with Crippen molar-refractivity contribution in [2.45, 2.75) is 13.3 Å². The Kier molecular flexibility index (Phi) is 4.30. The third-order valence-electron chi connectivity index (χ3n) is 2.51. The number of hydrogen-bond acceptors (Lipinski definition) is 5. The van der Waals surface area contributed by atoms with E-state index in [0.29, 0.717) is 22.6 Å². The van der Waals surface area contributed by atoms with E-state index in [1.807, 2.05) is 6.92 Å². The summed E-state index contributed by atoms with van der Waals surface area (Å²) in [6, 6.07) is 10.3. The molecular formula is C14H13NO3S. The molecule has 0 aliphatic rings. The molecule has 0 fully saturated rings. The van der Waals surface area contributed by atoms with Gasteiger partial charge in [-0.1, -0.05) is 30.3 Å². The number of benzene rings is 1. The molecule has 0 spiro atoms. The molecule has 0 saturated heterocycles. The Balaban J connectivity index is 2.16. The molecule has 0 radical (unpaired) electrons. The minimum atomic E-state index is -0.489. The summed E-state index contributed by atoms with van der Waals surface area (Å²) in [5.74, 6) is -0.369. The van der Waals surface area contributed by atoms with Crippen molar-refractivity contribution in [2.75, 3.05) is 0 Å². The van der Waals surface area contributed by atoms with Gasteiger partial charge in [-0.25, -0.2) is 4.79 Å². The monoisotopic (exact) mass is 275 g/mol. The van der Waals surface area contributed by atoms with Crippen LogP contribution >= 0.6 is 11.3 Å². The molecule has 0 saturated carbocycles. The zero-order chi connectivity index (χ0) is 13.7. The van der Waals surface area contributed by atoms with E-state index in [-0.39, 0.29) is 5.75 Å². The number of carbonyl (C=O) groups excluding carboxylic acids is 1. The van der Waals surface area contributed by atoms with Crippen LogP contribution in [-0.2, 0) is 4.84 Å². The normalized spacial score (nSPS) is 11.3. The first-order chi connectivity index (χ1) is 9.22. The average molecular weight is 275 g/mol. The van der Waals surface area contributed by atoms with E-state index in [9.17, 15) is 9.90 Å². The van der Waals surface area contributed by atoms with Crippen LogP contribution in [0.4, 0.5) is 0 Å². The van der Waals surface area contributed by atoms with Gasteiger partial charge in [0, 0.05) is 5.56 Å². The lowest BCUT2D eigenvalue weighted by Gasteiger charge is -2.05. The van der Waals surface area contributed by atoms with Crippen LogP contribution in [-0.4, -0.2) is 16.8 Å². The van der Waals surface area contributed by atoms with Crippen molar-refractivity contribution in [3.05, 3.63) is 52.2 Å². The first-order valence-electron chi connectivity index (χ1n) is 5.82. The van der Waals surface area contributed by atoms with E-state index >= 15 is 0 Å². The molecule has 1 aromatic carbocycles. The summed E-state index contributed by atoms with van der Waals surface area (Å²) in [4.78, 5) is 17.1. The van der Waals surface area contributed by atoms with Gasteiger partial charge in [0.25, 0.3) is 0 Å². The Hall–Kier alpha value is -2.14. The van der Waals surface area contributed by atoms with Gasteiger partial charge in [-0.3, -0.25) is 0 Å². The zero-order valence-electron chi connectivity index (χ0n) is 10.4. The highest BCUT2D eigenvalue weighted by molar-refractivity contribution is 7.11. The summed E-state index contributed by atoms with van der Waals surface area (Å²) in [5.41, 5.74) is 1.10. The molecule has 0 aliphatic carbocycles. The van der Waals surface area contributed by atoms with Crippen molar-refractivity contribution in [1.29, 1.82) is 0 Å². The van der Waals surface area contributed by atoms with Crippen LogP contribution < -0.4 is 0 Å².